The third kappa shape index (κ3) is 2.52. The van der Waals surface area contributed by atoms with Crippen LogP contribution in [0.3, 0.4) is 0 Å². The van der Waals surface area contributed by atoms with Crippen LogP contribution in [0, 0.1) is 5.92 Å². The molecule has 0 radical (unpaired) electrons. The number of nitrogens with zero attached hydrogens (tertiary/aromatic N) is 2. The number of hydrogen-bond acceptors (Lipinski definition) is 3. The zero-order valence-electron chi connectivity index (χ0n) is 12.2. The van der Waals surface area contributed by atoms with Crippen LogP contribution in [-0.2, 0) is 14.8 Å². The standard InChI is InChI=1S/C13H24N2O3S/c1-9(2)13(16)15-11-5-6-12(15)8-14(7-11)19(17,18)10(3)4/h9-12H,5-8H2,1-4H3. The Morgan fingerprint density at radius 1 is 1.05 bits per heavy atom. The Labute approximate surface area is 116 Å². The van der Waals surface area contributed by atoms with Crippen LogP contribution in [0.4, 0.5) is 0 Å². The first-order valence-corrected chi connectivity index (χ1v) is 8.56. The van der Waals surface area contributed by atoms with Gasteiger partial charge in [-0.3, -0.25) is 4.79 Å². The number of amides is 1. The number of rotatable bonds is 3. The Bertz CT molecular complexity index is 445. The molecule has 5 nitrogen and oxygen atoms in total. The van der Waals surface area contributed by atoms with Gasteiger partial charge in [0.1, 0.15) is 0 Å². The van der Waals surface area contributed by atoms with Crippen molar-refractivity contribution in [1.82, 2.24) is 9.21 Å². The monoisotopic (exact) mass is 288 g/mol. The molecule has 19 heavy (non-hydrogen) atoms. The van der Waals surface area contributed by atoms with E-state index in [2.05, 4.69) is 0 Å². The van der Waals surface area contributed by atoms with Crippen molar-refractivity contribution in [1.29, 1.82) is 0 Å². The quantitative estimate of drug-likeness (QED) is 0.780. The highest BCUT2D eigenvalue weighted by Crippen LogP contribution is 2.33. The number of hydrogen-bond donors (Lipinski definition) is 0. The summed E-state index contributed by atoms with van der Waals surface area (Å²) < 4.78 is 26.1. The van der Waals surface area contributed by atoms with E-state index in [4.69, 9.17) is 0 Å². The van der Waals surface area contributed by atoms with E-state index in [0.717, 1.165) is 12.8 Å². The number of piperazine rings is 1. The molecular formula is C13H24N2O3S. The second kappa shape index (κ2) is 5.05. The molecule has 2 aliphatic heterocycles. The van der Waals surface area contributed by atoms with Gasteiger partial charge in [0.05, 0.1) is 5.25 Å². The Balaban J connectivity index is 2.17. The van der Waals surface area contributed by atoms with E-state index in [1.165, 1.54) is 0 Å². The van der Waals surface area contributed by atoms with Gasteiger partial charge in [0.25, 0.3) is 0 Å². The fourth-order valence-corrected chi connectivity index (χ4v) is 4.38. The van der Waals surface area contributed by atoms with E-state index in [0.29, 0.717) is 13.1 Å². The van der Waals surface area contributed by atoms with Crippen LogP contribution in [0.15, 0.2) is 0 Å². The van der Waals surface area contributed by atoms with Gasteiger partial charge in [0.15, 0.2) is 0 Å². The first-order chi connectivity index (χ1) is 8.75. The lowest BCUT2D eigenvalue weighted by Gasteiger charge is -2.41. The molecule has 0 aromatic carbocycles. The summed E-state index contributed by atoms with van der Waals surface area (Å²) in [5, 5.41) is -0.390. The maximum atomic E-state index is 12.2. The minimum Gasteiger partial charge on any atom is -0.334 e. The molecular weight excluding hydrogens is 264 g/mol. The predicted molar refractivity (Wildman–Crippen MR) is 74.1 cm³/mol. The van der Waals surface area contributed by atoms with Crippen LogP contribution in [0.25, 0.3) is 0 Å². The SMILES string of the molecule is CC(C)C(=O)N1C2CCC1CN(S(=O)(=O)C(C)C)C2. The summed E-state index contributed by atoms with van der Waals surface area (Å²) in [4.78, 5) is 14.1. The molecule has 2 fully saturated rings. The van der Waals surface area contributed by atoms with Crippen molar-refractivity contribution < 1.29 is 13.2 Å². The maximum Gasteiger partial charge on any atom is 0.225 e. The molecule has 0 aliphatic carbocycles. The Morgan fingerprint density at radius 3 is 1.89 bits per heavy atom. The van der Waals surface area contributed by atoms with Crippen LogP contribution < -0.4 is 0 Å². The van der Waals surface area contributed by atoms with Gasteiger partial charge in [-0.05, 0) is 26.7 Å². The average molecular weight is 288 g/mol. The van der Waals surface area contributed by atoms with Gasteiger partial charge in [-0.2, -0.15) is 4.31 Å². The van der Waals surface area contributed by atoms with Crippen molar-refractivity contribution in [2.24, 2.45) is 5.92 Å². The molecule has 2 aliphatic rings. The zero-order chi connectivity index (χ0) is 14.4. The summed E-state index contributed by atoms with van der Waals surface area (Å²) in [5.41, 5.74) is 0. The van der Waals surface area contributed by atoms with Crippen molar-refractivity contribution in [3.05, 3.63) is 0 Å². The lowest BCUT2D eigenvalue weighted by Crippen LogP contribution is -2.58. The second-order valence-corrected chi connectivity index (χ2v) is 8.69. The fraction of sp³-hybridized carbons (Fsp3) is 0.923. The van der Waals surface area contributed by atoms with Crippen LogP contribution in [0.5, 0.6) is 0 Å². The van der Waals surface area contributed by atoms with Gasteiger partial charge in [-0.1, -0.05) is 13.8 Å². The molecule has 0 saturated carbocycles. The summed E-state index contributed by atoms with van der Waals surface area (Å²) in [5.74, 6) is 0.144. The number of sulfonamides is 1. The molecule has 2 atom stereocenters. The largest absolute Gasteiger partial charge is 0.334 e. The molecule has 0 aromatic rings. The summed E-state index contributed by atoms with van der Waals surface area (Å²) >= 11 is 0. The molecule has 2 heterocycles. The van der Waals surface area contributed by atoms with Crippen molar-refractivity contribution in [3.63, 3.8) is 0 Å². The molecule has 2 saturated heterocycles. The van der Waals surface area contributed by atoms with Crippen molar-refractivity contribution >= 4 is 15.9 Å². The molecule has 6 heteroatoms. The Kier molecular flexibility index (Phi) is 3.93. The molecule has 2 unspecified atom stereocenters. The highest BCUT2D eigenvalue weighted by molar-refractivity contribution is 7.89. The first-order valence-electron chi connectivity index (χ1n) is 7.06. The predicted octanol–water partition coefficient (Wildman–Crippen LogP) is 1.06. The minimum atomic E-state index is -3.20. The topological polar surface area (TPSA) is 57.7 Å². The first kappa shape index (κ1) is 14.8. The average Bonchev–Trinajstić information content (AvgIpc) is 2.57. The summed E-state index contributed by atoms with van der Waals surface area (Å²) in [7, 11) is -3.20. The van der Waals surface area contributed by atoms with Gasteiger partial charge in [-0.15, -0.1) is 0 Å². The highest BCUT2D eigenvalue weighted by Gasteiger charge is 2.46. The third-order valence-electron chi connectivity index (χ3n) is 4.15. The van der Waals surface area contributed by atoms with E-state index in [1.807, 2.05) is 18.7 Å². The van der Waals surface area contributed by atoms with Gasteiger partial charge < -0.3 is 4.90 Å². The maximum absolute atomic E-state index is 12.2. The lowest BCUT2D eigenvalue weighted by molar-refractivity contribution is -0.139. The van der Waals surface area contributed by atoms with E-state index >= 15 is 0 Å². The van der Waals surface area contributed by atoms with E-state index in [-0.39, 0.29) is 29.2 Å². The highest BCUT2D eigenvalue weighted by atomic mass is 32.2. The molecule has 0 aromatic heterocycles. The molecule has 0 N–H and O–H groups in total. The normalized spacial score (nSPS) is 28.4. The molecule has 0 spiro atoms. The Morgan fingerprint density at radius 2 is 1.53 bits per heavy atom. The molecule has 2 bridgehead atoms. The van der Waals surface area contributed by atoms with E-state index in [1.54, 1.807) is 18.2 Å². The molecule has 110 valence electrons. The fourth-order valence-electron chi connectivity index (χ4n) is 3.03. The number of fused-ring (bicyclic) bond motifs is 2. The smallest absolute Gasteiger partial charge is 0.225 e. The van der Waals surface area contributed by atoms with Crippen molar-refractivity contribution in [3.8, 4) is 0 Å². The van der Waals surface area contributed by atoms with E-state index in [9.17, 15) is 13.2 Å². The second-order valence-electron chi connectivity index (χ2n) is 6.20. The van der Waals surface area contributed by atoms with Gasteiger partial charge in [-0.25, -0.2) is 8.42 Å². The van der Waals surface area contributed by atoms with Crippen LogP contribution >= 0.6 is 0 Å². The van der Waals surface area contributed by atoms with Crippen LogP contribution in [0.2, 0.25) is 0 Å². The van der Waals surface area contributed by atoms with Gasteiger partial charge >= 0.3 is 0 Å². The van der Waals surface area contributed by atoms with Gasteiger partial charge in [0.2, 0.25) is 15.9 Å². The van der Waals surface area contributed by atoms with Crippen molar-refractivity contribution in [2.45, 2.75) is 57.9 Å². The molecule has 2 rings (SSSR count). The number of carbonyl (C=O) groups excluding carboxylic acids is 1. The summed E-state index contributed by atoms with van der Waals surface area (Å²) in [6.45, 7) is 8.16. The summed E-state index contributed by atoms with van der Waals surface area (Å²) in [6, 6.07) is 0.143. The third-order valence-corrected chi connectivity index (χ3v) is 6.36. The Hall–Kier alpha value is -0.620. The van der Waals surface area contributed by atoms with Gasteiger partial charge in [0, 0.05) is 31.1 Å². The van der Waals surface area contributed by atoms with Crippen molar-refractivity contribution in [2.75, 3.05) is 13.1 Å². The lowest BCUT2D eigenvalue weighted by atomic mass is 10.1. The zero-order valence-corrected chi connectivity index (χ0v) is 13.0. The van der Waals surface area contributed by atoms with Crippen LogP contribution in [-0.4, -0.2) is 54.0 Å². The van der Waals surface area contributed by atoms with Crippen LogP contribution in [0.1, 0.15) is 40.5 Å². The molecule has 1 amide bonds. The summed E-state index contributed by atoms with van der Waals surface area (Å²) in [6.07, 6.45) is 1.85. The minimum absolute atomic E-state index is 0.0173. The number of carbonyl (C=O) groups is 1. The van der Waals surface area contributed by atoms with E-state index < -0.39 is 10.0 Å².